The molecule has 1 aromatic carbocycles. The van der Waals surface area contributed by atoms with Crippen molar-refractivity contribution < 1.29 is 4.79 Å². The summed E-state index contributed by atoms with van der Waals surface area (Å²) in [6, 6.07) is 8.10. The molecule has 1 aliphatic heterocycles. The van der Waals surface area contributed by atoms with Crippen LogP contribution in [0.1, 0.15) is 62.4 Å². The third kappa shape index (κ3) is 4.59. The van der Waals surface area contributed by atoms with E-state index in [4.69, 9.17) is 0 Å². The largest absolute Gasteiger partial charge is 0.339 e. The first-order valence-electron chi connectivity index (χ1n) is 8.48. The monoisotopic (exact) mass is 287 g/mol. The molecule has 0 N–H and O–H groups in total. The topological polar surface area (TPSA) is 20.3 Å². The number of aryl methyl sites for hydroxylation is 1. The van der Waals surface area contributed by atoms with Crippen LogP contribution in [0, 0.1) is 11.8 Å². The summed E-state index contributed by atoms with van der Waals surface area (Å²) >= 11 is 0. The molecule has 1 aromatic rings. The molecule has 0 unspecified atom stereocenters. The minimum Gasteiger partial charge on any atom is -0.339 e. The number of hydrogen-bond acceptors (Lipinski definition) is 1. The van der Waals surface area contributed by atoms with Crippen LogP contribution in [-0.4, -0.2) is 23.9 Å². The molecule has 1 heterocycles. The fourth-order valence-corrected chi connectivity index (χ4v) is 3.06. The lowest BCUT2D eigenvalue weighted by Gasteiger charge is -2.32. The van der Waals surface area contributed by atoms with Crippen LogP contribution in [0.2, 0.25) is 0 Å². The number of nitrogens with zero attached hydrogens (tertiary/aromatic N) is 1. The van der Waals surface area contributed by atoms with Gasteiger partial charge in [-0.15, -0.1) is 0 Å². The molecule has 0 spiro atoms. The van der Waals surface area contributed by atoms with E-state index in [9.17, 15) is 4.79 Å². The van der Waals surface area contributed by atoms with Crippen LogP contribution in [0.3, 0.4) is 0 Å². The summed E-state index contributed by atoms with van der Waals surface area (Å²) in [5.74, 6) is 1.82. The maximum Gasteiger partial charge on any atom is 0.253 e. The number of carbonyl (C=O) groups excluding carboxylic acids is 1. The molecule has 0 radical (unpaired) electrons. The highest BCUT2D eigenvalue weighted by molar-refractivity contribution is 5.94. The normalized spacial score (nSPS) is 16.5. The second kappa shape index (κ2) is 7.63. The van der Waals surface area contributed by atoms with Crippen LogP contribution >= 0.6 is 0 Å². The molecule has 1 aliphatic rings. The molecule has 0 saturated carbocycles. The molecular formula is C19H29NO. The predicted octanol–water partition coefficient (Wildman–Crippen LogP) is 4.54. The molecule has 2 rings (SSSR count). The van der Waals surface area contributed by atoms with E-state index in [-0.39, 0.29) is 5.91 Å². The molecule has 2 nitrogen and oxygen atoms in total. The van der Waals surface area contributed by atoms with Gasteiger partial charge in [-0.1, -0.05) is 45.7 Å². The van der Waals surface area contributed by atoms with Gasteiger partial charge < -0.3 is 4.90 Å². The quantitative estimate of drug-likeness (QED) is 0.778. The van der Waals surface area contributed by atoms with E-state index in [2.05, 4.69) is 32.9 Å². The van der Waals surface area contributed by atoms with Crippen LogP contribution in [-0.2, 0) is 6.42 Å². The van der Waals surface area contributed by atoms with Crippen LogP contribution < -0.4 is 0 Å². The number of rotatable bonds is 5. The molecule has 2 heteroatoms. The zero-order chi connectivity index (χ0) is 15.2. The number of benzene rings is 1. The molecule has 0 aromatic heterocycles. The van der Waals surface area contributed by atoms with Crippen molar-refractivity contribution >= 4 is 5.91 Å². The Balaban J connectivity index is 1.84. The molecule has 21 heavy (non-hydrogen) atoms. The second-order valence-corrected chi connectivity index (χ2v) is 6.76. The van der Waals surface area contributed by atoms with Crippen molar-refractivity contribution in [3.63, 3.8) is 0 Å². The Morgan fingerprint density at radius 2 is 1.81 bits per heavy atom. The maximum absolute atomic E-state index is 12.5. The second-order valence-electron chi connectivity index (χ2n) is 6.76. The number of carbonyl (C=O) groups is 1. The predicted molar refractivity (Wildman–Crippen MR) is 88.5 cm³/mol. The van der Waals surface area contributed by atoms with Gasteiger partial charge in [-0.05, 0) is 48.8 Å². The Hall–Kier alpha value is -1.31. The first kappa shape index (κ1) is 16.1. The van der Waals surface area contributed by atoms with Gasteiger partial charge >= 0.3 is 0 Å². The number of piperidine rings is 1. The molecule has 116 valence electrons. The van der Waals surface area contributed by atoms with Crippen LogP contribution in [0.5, 0.6) is 0 Å². The summed E-state index contributed by atoms with van der Waals surface area (Å²) in [5.41, 5.74) is 2.13. The fraction of sp³-hybridized carbons (Fsp3) is 0.632. The highest BCUT2D eigenvalue weighted by Gasteiger charge is 2.23. The lowest BCUT2D eigenvalue weighted by atomic mass is 9.89. The SMILES string of the molecule is CCc1ccc(C(=O)N2CCC(CCC(C)C)CC2)cc1. The van der Waals surface area contributed by atoms with Gasteiger partial charge in [0.2, 0.25) is 0 Å². The lowest BCUT2D eigenvalue weighted by Crippen LogP contribution is -2.38. The molecule has 0 atom stereocenters. The summed E-state index contributed by atoms with van der Waals surface area (Å²) < 4.78 is 0. The van der Waals surface area contributed by atoms with Crippen molar-refractivity contribution in [2.75, 3.05) is 13.1 Å². The van der Waals surface area contributed by atoms with Gasteiger partial charge in [0.25, 0.3) is 5.91 Å². The van der Waals surface area contributed by atoms with Crippen molar-refractivity contribution in [1.29, 1.82) is 0 Å². The third-order valence-corrected chi connectivity index (χ3v) is 4.66. The Bertz CT molecular complexity index is 441. The highest BCUT2D eigenvalue weighted by atomic mass is 16.2. The van der Waals surface area contributed by atoms with Gasteiger partial charge in [-0.25, -0.2) is 0 Å². The summed E-state index contributed by atoms with van der Waals surface area (Å²) in [5, 5.41) is 0. The Morgan fingerprint density at radius 3 is 2.33 bits per heavy atom. The Morgan fingerprint density at radius 1 is 1.19 bits per heavy atom. The van der Waals surface area contributed by atoms with Crippen molar-refractivity contribution in [1.82, 2.24) is 4.90 Å². The van der Waals surface area contributed by atoms with Gasteiger partial charge in [-0.3, -0.25) is 4.79 Å². The Labute approximate surface area is 129 Å². The molecule has 1 saturated heterocycles. The van der Waals surface area contributed by atoms with Gasteiger partial charge in [0.05, 0.1) is 0 Å². The maximum atomic E-state index is 12.5. The fourth-order valence-electron chi connectivity index (χ4n) is 3.06. The Kier molecular flexibility index (Phi) is 5.84. The van der Waals surface area contributed by atoms with E-state index in [1.807, 2.05) is 17.0 Å². The van der Waals surface area contributed by atoms with Crippen LogP contribution in [0.4, 0.5) is 0 Å². The van der Waals surface area contributed by atoms with Gasteiger partial charge in [0.15, 0.2) is 0 Å². The zero-order valence-corrected chi connectivity index (χ0v) is 13.8. The van der Waals surface area contributed by atoms with Crippen molar-refractivity contribution in [2.24, 2.45) is 11.8 Å². The van der Waals surface area contributed by atoms with E-state index in [1.54, 1.807) is 0 Å². The summed E-state index contributed by atoms with van der Waals surface area (Å²) in [6.07, 6.45) is 6.01. The number of amides is 1. The summed E-state index contributed by atoms with van der Waals surface area (Å²) in [7, 11) is 0. The van der Waals surface area contributed by atoms with E-state index in [1.165, 1.54) is 31.2 Å². The van der Waals surface area contributed by atoms with Crippen molar-refractivity contribution in [2.45, 2.75) is 52.9 Å². The van der Waals surface area contributed by atoms with Crippen LogP contribution in [0.25, 0.3) is 0 Å². The molecule has 0 bridgehead atoms. The van der Waals surface area contributed by atoms with E-state index in [0.717, 1.165) is 36.9 Å². The van der Waals surface area contributed by atoms with Gasteiger partial charge in [0.1, 0.15) is 0 Å². The molecular weight excluding hydrogens is 258 g/mol. The van der Waals surface area contributed by atoms with Gasteiger partial charge in [0, 0.05) is 18.7 Å². The highest BCUT2D eigenvalue weighted by Crippen LogP contribution is 2.24. The smallest absolute Gasteiger partial charge is 0.253 e. The van der Waals surface area contributed by atoms with E-state index >= 15 is 0 Å². The number of hydrogen-bond donors (Lipinski definition) is 0. The average Bonchev–Trinajstić information content (AvgIpc) is 2.53. The molecule has 1 fully saturated rings. The van der Waals surface area contributed by atoms with Crippen LogP contribution in [0.15, 0.2) is 24.3 Å². The summed E-state index contributed by atoms with van der Waals surface area (Å²) in [4.78, 5) is 14.5. The molecule has 1 amide bonds. The molecule has 0 aliphatic carbocycles. The summed E-state index contributed by atoms with van der Waals surface area (Å²) in [6.45, 7) is 8.57. The van der Waals surface area contributed by atoms with Gasteiger partial charge in [-0.2, -0.15) is 0 Å². The minimum absolute atomic E-state index is 0.208. The average molecular weight is 287 g/mol. The van der Waals surface area contributed by atoms with Crippen molar-refractivity contribution in [3.05, 3.63) is 35.4 Å². The third-order valence-electron chi connectivity index (χ3n) is 4.66. The zero-order valence-electron chi connectivity index (χ0n) is 13.8. The first-order chi connectivity index (χ1) is 10.1. The first-order valence-corrected chi connectivity index (χ1v) is 8.48. The standard InChI is InChI=1S/C19H29NO/c1-4-16-7-9-18(10-8-16)19(21)20-13-11-17(12-14-20)6-5-15(2)3/h7-10,15,17H,4-6,11-14H2,1-3H3. The number of likely N-dealkylation sites (tertiary alicyclic amines) is 1. The van der Waals surface area contributed by atoms with E-state index in [0.29, 0.717) is 0 Å². The minimum atomic E-state index is 0.208. The van der Waals surface area contributed by atoms with E-state index < -0.39 is 0 Å². The lowest BCUT2D eigenvalue weighted by molar-refractivity contribution is 0.0684. The van der Waals surface area contributed by atoms with Crippen molar-refractivity contribution in [3.8, 4) is 0 Å².